The van der Waals surface area contributed by atoms with E-state index >= 15 is 0 Å². The zero-order chi connectivity index (χ0) is 11.2. The molecule has 88 valence electrons. The molecule has 0 aromatic heterocycles. The number of aliphatic hydroxyl groups is 1. The molecule has 1 aromatic carbocycles. The lowest BCUT2D eigenvalue weighted by molar-refractivity contribution is 0.155. The maximum absolute atomic E-state index is 9.96. The highest BCUT2D eigenvalue weighted by Crippen LogP contribution is 2.29. The summed E-state index contributed by atoms with van der Waals surface area (Å²) in [4.78, 5) is 0. The van der Waals surface area contributed by atoms with E-state index in [1.54, 1.807) is 0 Å². The molecule has 0 heterocycles. The third-order valence-corrected chi connectivity index (χ3v) is 3.70. The van der Waals surface area contributed by atoms with E-state index in [9.17, 15) is 5.11 Å². The van der Waals surface area contributed by atoms with Gasteiger partial charge in [0.25, 0.3) is 0 Å². The standard InChI is InChI=1S/C15H22O/c16-15(11-10-13-6-4-5-7-13)12-14-8-2-1-3-9-14/h1-3,8-9,13,15-16H,4-7,10-12H2. The topological polar surface area (TPSA) is 20.2 Å². The maximum Gasteiger partial charge on any atom is 0.0580 e. The van der Waals surface area contributed by atoms with Crippen LogP contribution in [0.5, 0.6) is 0 Å². The molecule has 2 rings (SSSR count). The number of benzene rings is 1. The Morgan fingerprint density at radius 3 is 2.50 bits per heavy atom. The molecule has 1 fully saturated rings. The minimum atomic E-state index is -0.150. The third-order valence-electron chi connectivity index (χ3n) is 3.70. The average Bonchev–Trinajstić information content (AvgIpc) is 2.81. The molecule has 1 unspecified atom stereocenters. The molecule has 0 radical (unpaired) electrons. The Bertz CT molecular complexity index is 288. The summed E-state index contributed by atoms with van der Waals surface area (Å²) in [5.74, 6) is 0.894. The zero-order valence-corrected chi connectivity index (χ0v) is 9.94. The molecule has 1 aliphatic carbocycles. The van der Waals surface area contributed by atoms with E-state index in [0.717, 1.165) is 18.8 Å². The second-order valence-electron chi connectivity index (χ2n) is 5.07. The van der Waals surface area contributed by atoms with Gasteiger partial charge in [0.1, 0.15) is 0 Å². The fourth-order valence-electron chi connectivity index (χ4n) is 2.72. The minimum Gasteiger partial charge on any atom is -0.393 e. The van der Waals surface area contributed by atoms with Crippen LogP contribution in [-0.4, -0.2) is 11.2 Å². The monoisotopic (exact) mass is 218 g/mol. The first-order valence-electron chi connectivity index (χ1n) is 6.56. The molecular weight excluding hydrogens is 196 g/mol. The van der Waals surface area contributed by atoms with Crippen LogP contribution in [0, 0.1) is 5.92 Å². The van der Waals surface area contributed by atoms with E-state index in [1.165, 1.54) is 37.7 Å². The van der Waals surface area contributed by atoms with E-state index in [2.05, 4.69) is 12.1 Å². The van der Waals surface area contributed by atoms with Gasteiger partial charge in [0, 0.05) is 0 Å². The molecule has 1 saturated carbocycles. The van der Waals surface area contributed by atoms with E-state index in [4.69, 9.17) is 0 Å². The molecule has 1 N–H and O–H groups in total. The SMILES string of the molecule is OC(CCC1CCCC1)Cc1ccccc1. The average molecular weight is 218 g/mol. The van der Waals surface area contributed by atoms with Gasteiger partial charge in [-0.15, -0.1) is 0 Å². The van der Waals surface area contributed by atoms with Crippen LogP contribution in [0.15, 0.2) is 30.3 Å². The smallest absolute Gasteiger partial charge is 0.0580 e. The van der Waals surface area contributed by atoms with Crippen molar-refractivity contribution in [2.75, 3.05) is 0 Å². The fraction of sp³-hybridized carbons (Fsp3) is 0.600. The molecule has 0 spiro atoms. The molecule has 1 nitrogen and oxygen atoms in total. The van der Waals surface area contributed by atoms with Gasteiger partial charge in [0.05, 0.1) is 6.10 Å². The van der Waals surface area contributed by atoms with E-state index in [0.29, 0.717) is 0 Å². The van der Waals surface area contributed by atoms with Crippen LogP contribution >= 0.6 is 0 Å². The number of hydrogen-bond acceptors (Lipinski definition) is 1. The van der Waals surface area contributed by atoms with Crippen LogP contribution in [0.1, 0.15) is 44.1 Å². The summed E-state index contributed by atoms with van der Waals surface area (Å²) >= 11 is 0. The Morgan fingerprint density at radius 2 is 1.81 bits per heavy atom. The Hall–Kier alpha value is -0.820. The highest BCUT2D eigenvalue weighted by Gasteiger charge is 2.16. The highest BCUT2D eigenvalue weighted by molar-refractivity contribution is 5.15. The van der Waals surface area contributed by atoms with E-state index in [-0.39, 0.29) is 6.10 Å². The van der Waals surface area contributed by atoms with Gasteiger partial charge < -0.3 is 5.11 Å². The third kappa shape index (κ3) is 3.64. The lowest BCUT2D eigenvalue weighted by atomic mass is 9.97. The largest absolute Gasteiger partial charge is 0.393 e. The Kier molecular flexibility index (Phi) is 4.41. The van der Waals surface area contributed by atoms with Gasteiger partial charge >= 0.3 is 0 Å². The summed E-state index contributed by atoms with van der Waals surface area (Å²) in [6, 6.07) is 10.3. The number of hydrogen-bond donors (Lipinski definition) is 1. The van der Waals surface area contributed by atoms with Crippen molar-refractivity contribution in [3.05, 3.63) is 35.9 Å². The Morgan fingerprint density at radius 1 is 1.12 bits per heavy atom. The van der Waals surface area contributed by atoms with Gasteiger partial charge in [0.15, 0.2) is 0 Å². The Balaban J connectivity index is 1.69. The van der Waals surface area contributed by atoms with Crippen molar-refractivity contribution in [1.29, 1.82) is 0 Å². The summed E-state index contributed by atoms with van der Waals surface area (Å²) in [6.45, 7) is 0. The summed E-state index contributed by atoms with van der Waals surface area (Å²) in [5.41, 5.74) is 1.25. The van der Waals surface area contributed by atoms with Crippen LogP contribution in [0.2, 0.25) is 0 Å². The van der Waals surface area contributed by atoms with Gasteiger partial charge in [-0.2, -0.15) is 0 Å². The van der Waals surface area contributed by atoms with E-state index in [1.807, 2.05) is 18.2 Å². The van der Waals surface area contributed by atoms with Crippen molar-refractivity contribution in [3.63, 3.8) is 0 Å². The summed E-state index contributed by atoms with van der Waals surface area (Å²) in [7, 11) is 0. The highest BCUT2D eigenvalue weighted by atomic mass is 16.3. The van der Waals surface area contributed by atoms with Crippen LogP contribution in [0.25, 0.3) is 0 Å². The van der Waals surface area contributed by atoms with Crippen molar-refractivity contribution in [1.82, 2.24) is 0 Å². The quantitative estimate of drug-likeness (QED) is 0.801. The molecular formula is C15H22O. The number of rotatable bonds is 5. The fourth-order valence-corrected chi connectivity index (χ4v) is 2.72. The van der Waals surface area contributed by atoms with Crippen molar-refractivity contribution in [3.8, 4) is 0 Å². The molecule has 16 heavy (non-hydrogen) atoms. The van der Waals surface area contributed by atoms with Gasteiger partial charge in [-0.05, 0) is 30.7 Å². The van der Waals surface area contributed by atoms with Gasteiger partial charge in [-0.25, -0.2) is 0 Å². The van der Waals surface area contributed by atoms with Gasteiger partial charge in [-0.3, -0.25) is 0 Å². The lowest BCUT2D eigenvalue weighted by Crippen LogP contribution is -2.12. The molecule has 0 amide bonds. The van der Waals surface area contributed by atoms with Crippen LogP contribution in [0.3, 0.4) is 0 Å². The second-order valence-corrected chi connectivity index (χ2v) is 5.07. The van der Waals surface area contributed by atoms with Crippen molar-refractivity contribution >= 4 is 0 Å². The van der Waals surface area contributed by atoms with Gasteiger partial charge in [0.2, 0.25) is 0 Å². The molecule has 1 aliphatic rings. The Labute approximate surface area is 98.5 Å². The normalized spacial score (nSPS) is 18.8. The van der Waals surface area contributed by atoms with Crippen LogP contribution < -0.4 is 0 Å². The summed E-state index contributed by atoms with van der Waals surface area (Å²) < 4.78 is 0. The van der Waals surface area contributed by atoms with E-state index < -0.39 is 0 Å². The first-order valence-corrected chi connectivity index (χ1v) is 6.56. The first kappa shape index (κ1) is 11.7. The molecule has 0 bridgehead atoms. The zero-order valence-electron chi connectivity index (χ0n) is 9.94. The van der Waals surface area contributed by atoms with Gasteiger partial charge in [-0.1, -0.05) is 56.0 Å². The van der Waals surface area contributed by atoms with Crippen molar-refractivity contribution in [2.45, 2.75) is 51.0 Å². The van der Waals surface area contributed by atoms with Crippen molar-refractivity contribution < 1.29 is 5.11 Å². The van der Waals surface area contributed by atoms with Crippen LogP contribution in [0.4, 0.5) is 0 Å². The summed E-state index contributed by atoms with van der Waals surface area (Å²) in [6.07, 6.45) is 8.43. The van der Waals surface area contributed by atoms with Crippen molar-refractivity contribution in [2.24, 2.45) is 5.92 Å². The number of aliphatic hydroxyl groups excluding tert-OH is 1. The maximum atomic E-state index is 9.96. The van der Waals surface area contributed by atoms with Crippen LogP contribution in [-0.2, 0) is 6.42 Å². The lowest BCUT2D eigenvalue weighted by Gasteiger charge is -2.13. The molecule has 1 aromatic rings. The molecule has 0 aliphatic heterocycles. The minimum absolute atomic E-state index is 0.150. The first-order chi connectivity index (χ1) is 7.84. The molecule has 0 saturated heterocycles. The predicted molar refractivity (Wildman–Crippen MR) is 67.3 cm³/mol. The predicted octanol–water partition coefficient (Wildman–Crippen LogP) is 3.56. The molecule has 1 atom stereocenters. The molecule has 1 heteroatoms. The summed E-state index contributed by atoms with van der Waals surface area (Å²) in [5, 5.41) is 9.96. The second kappa shape index (κ2) is 6.05.